The average molecular weight is 329 g/mol. The summed E-state index contributed by atoms with van der Waals surface area (Å²) < 4.78 is 15.2. The first-order valence-corrected chi connectivity index (χ1v) is 6.18. The molecule has 1 aromatic carbocycles. The van der Waals surface area contributed by atoms with Gasteiger partial charge in [-0.3, -0.25) is 0 Å². The van der Waals surface area contributed by atoms with Crippen molar-refractivity contribution in [3.05, 3.63) is 40.4 Å². The van der Waals surface area contributed by atoms with Crippen LogP contribution >= 0.6 is 15.9 Å². The highest BCUT2D eigenvalue weighted by atomic mass is 79.9. The third kappa shape index (κ3) is 3.50. The predicted octanol–water partition coefficient (Wildman–Crippen LogP) is 1.99. The summed E-state index contributed by atoms with van der Waals surface area (Å²) in [5, 5.41) is 18.9. The van der Waals surface area contributed by atoms with Crippen molar-refractivity contribution in [3.8, 4) is 0 Å². The predicted molar refractivity (Wildman–Crippen MR) is 69.6 cm³/mol. The molecule has 2 rings (SSSR count). The van der Waals surface area contributed by atoms with Gasteiger partial charge in [0.2, 0.25) is 0 Å². The maximum Gasteiger partial charge on any atom is 0.358 e. The zero-order valence-electron chi connectivity index (χ0n) is 9.68. The molecule has 19 heavy (non-hydrogen) atoms. The van der Waals surface area contributed by atoms with E-state index in [1.54, 1.807) is 6.07 Å². The van der Waals surface area contributed by atoms with Crippen molar-refractivity contribution in [2.24, 2.45) is 0 Å². The molecule has 0 fully saturated rings. The molecule has 100 valence electrons. The van der Waals surface area contributed by atoms with E-state index in [1.165, 1.54) is 23.0 Å². The first-order chi connectivity index (χ1) is 9.06. The van der Waals surface area contributed by atoms with Crippen LogP contribution in [0.2, 0.25) is 0 Å². The smallest absolute Gasteiger partial charge is 0.358 e. The summed E-state index contributed by atoms with van der Waals surface area (Å²) in [6.45, 7) is 0.883. The minimum absolute atomic E-state index is 0.105. The second kappa shape index (κ2) is 5.79. The molecule has 2 aromatic rings. The summed E-state index contributed by atoms with van der Waals surface area (Å²) in [6.07, 6.45) is 1.34. The summed E-state index contributed by atoms with van der Waals surface area (Å²) in [5.41, 5.74) is 0.519. The number of hydrogen-bond donors (Lipinski definition) is 2. The molecule has 6 nitrogen and oxygen atoms in total. The molecule has 0 saturated heterocycles. The van der Waals surface area contributed by atoms with Crippen LogP contribution in [0.15, 0.2) is 28.9 Å². The number of benzene rings is 1. The number of carboxylic acid groups (broad SMARTS) is 1. The van der Waals surface area contributed by atoms with Gasteiger partial charge >= 0.3 is 5.97 Å². The van der Waals surface area contributed by atoms with E-state index < -0.39 is 5.97 Å². The Morgan fingerprint density at radius 2 is 2.32 bits per heavy atom. The molecule has 0 atom stereocenters. The SMILES string of the molecule is O=C(O)c1cn(CCNc2cc(F)ccc2Br)nn1. The highest BCUT2D eigenvalue weighted by Gasteiger charge is 2.08. The van der Waals surface area contributed by atoms with Crippen LogP contribution in [0.25, 0.3) is 0 Å². The molecule has 0 saturated carbocycles. The van der Waals surface area contributed by atoms with E-state index in [0.717, 1.165) is 4.47 Å². The van der Waals surface area contributed by atoms with Crippen LogP contribution in [0, 0.1) is 5.82 Å². The second-order valence-electron chi connectivity index (χ2n) is 3.72. The highest BCUT2D eigenvalue weighted by Crippen LogP contribution is 2.22. The third-order valence-corrected chi connectivity index (χ3v) is 3.03. The van der Waals surface area contributed by atoms with Gasteiger partial charge in [-0.25, -0.2) is 13.9 Å². The first kappa shape index (κ1) is 13.5. The second-order valence-corrected chi connectivity index (χ2v) is 4.58. The summed E-state index contributed by atoms with van der Waals surface area (Å²) in [5.74, 6) is -1.45. The van der Waals surface area contributed by atoms with Crippen LogP contribution in [-0.2, 0) is 6.54 Å². The Bertz CT molecular complexity index is 602. The van der Waals surface area contributed by atoms with Gasteiger partial charge in [-0.1, -0.05) is 5.21 Å². The average Bonchev–Trinajstić information content (AvgIpc) is 2.82. The van der Waals surface area contributed by atoms with E-state index in [4.69, 9.17) is 5.11 Å². The molecule has 1 aromatic heterocycles. The Hall–Kier alpha value is -1.96. The Morgan fingerprint density at radius 3 is 3.00 bits per heavy atom. The Balaban J connectivity index is 1.92. The third-order valence-electron chi connectivity index (χ3n) is 2.34. The molecule has 8 heteroatoms. The van der Waals surface area contributed by atoms with Crippen molar-refractivity contribution in [1.82, 2.24) is 15.0 Å². The van der Waals surface area contributed by atoms with Gasteiger partial charge in [-0.15, -0.1) is 5.10 Å². The topological polar surface area (TPSA) is 80.0 Å². The standard InChI is InChI=1S/C11H10BrFN4O2/c12-8-2-1-7(13)5-9(8)14-3-4-17-6-10(11(18)19)15-16-17/h1-2,5-6,14H,3-4H2,(H,18,19). The molecule has 0 radical (unpaired) electrons. The molecule has 0 aliphatic rings. The van der Waals surface area contributed by atoms with Gasteiger partial charge < -0.3 is 10.4 Å². The molecule has 0 bridgehead atoms. The minimum atomic E-state index is -1.12. The summed E-state index contributed by atoms with van der Waals surface area (Å²) >= 11 is 3.30. The normalized spacial score (nSPS) is 10.4. The Morgan fingerprint density at radius 1 is 1.53 bits per heavy atom. The first-order valence-electron chi connectivity index (χ1n) is 5.38. The van der Waals surface area contributed by atoms with Crippen molar-refractivity contribution in [3.63, 3.8) is 0 Å². The van der Waals surface area contributed by atoms with Crippen molar-refractivity contribution in [2.75, 3.05) is 11.9 Å². The van der Waals surface area contributed by atoms with Crippen LogP contribution in [0.5, 0.6) is 0 Å². The number of halogens is 2. The number of aromatic nitrogens is 3. The molecule has 0 amide bonds. The number of rotatable bonds is 5. The molecule has 2 N–H and O–H groups in total. The lowest BCUT2D eigenvalue weighted by Crippen LogP contribution is -2.11. The summed E-state index contributed by atoms with van der Waals surface area (Å²) in [4.78, 5) is 10.6. The monoisotopic (exact) mass is 328 g/mol. The molecule has 0 aliphatic heterocycles. The zero-order valence-corrected chi connectivity index (χ0v) is 11.3. The molecule has 0 unspecified atom stereocenters. The number of anilines is 1. The largest absolute Gasteiger partial charge is 0.476 e. The highest BCUT2D eigenvalue weighted by molar-refractivity contribution is 9.10. The lowest BCUT2D eigenvalue weighted by atomic mass is 10.3. The van der Waals surface area contributed by atoms with E-state index in [2.05, 4.69) is 31.6 Å². The van der Waals surface area contributed by atoms with E-state index in [0.29, 0.717) is 18.8 Å². The summed E-state index contributed by atoms with van der Waals surface area (Å²) in [6, 6.07) is 4.33. The van der Waals surface area contributed by atoms with Crippen molar-refractivity contribution in [1.29, 1.82) is 0 Å². The van der Waals surface area contributed by atoms with E-state index >= 15 is 0 Å². The van der Waals surface area contributed by atoms with E-state index in [-0.39, 0.29) is 11.5 Å². The number of carboxylic acids is 1. The van der Waals surface area contributed by atoms with Gasteiger partial charge in [0.1, 0.15) is 5.82 Å². The van der Waals surface area contributed by atoms with Gasteiger partial charge in [0.15, 0.2) is 5.69 Å². The van der Waals surface area contributed by atoms with Gasteiger partial charge in [-0.2, -0.15) is 0 Å². The van der Waals surface area contributed by atoms with Crippen LogP contribution in [0.3, 0.4) is 0 Å². The van der Waals surface area contributed by atoms with Gasteiger partial charge in [0.25, 0.3) is 0 Å². The lowest BCUT2D eigenvalue weighted by Gasteiger charge is -2.08. The maximum absolute atomic E-state index is 13.0. The Labute approximate surface area is 116 Å². The van der Waals surface area contributed by atoms with Gasteiger partial charge in [-0.05, 0) is 34.1 Å². The van der Waals surface area contributed by atoms with Crippen LogP contribution in [0.4, 0.5) is 10.1 Å². The molecular formula is C11H10BrFN4O2. The number of nitrogens with zero attached hydrogens (tertiary/aromatic N) is 3. The van der Waals surface area contributed by atoms with Crippen molar-refractivity contribution >= 4 is 27.6 Å². The molecule has 0 spiro atoms. The van der Waals surface area contributed by atoms with Crippen molar-refractivity contribution < 1.29 is 14.3 Å². The Kier molecular flexibility index (Phi) is 4.10. The van der Waals surface area contributed by atoms with Gasteiger partial charge in [0.05, 0.1) is 18.4 Å². The number of carbonyl (C=O) groups is 1. The summed E-state index contributed by atoms with van der Waals surface area (Å²) in [7, 11) is 0. The quantitative estimate of drug-likeness (QED) is 0.877. The fraction of sp³-hybridized carbons (Fsp3) is 0.182. The molecule has 1 heterocycles. The van der Waals surface area contributed by atoms with E-state index in [1.807, 2.05) is 0 Å². The van der Waals surface area contributed by atoms with E-state index in [9.17, 15) is 9.18 Å². The maximum atomic E-state index is 13.0. The fourth-order valence-electron chi connectivity index (χ4n) is 1.44. The van der Waals surface area contributed by atoms with Gasteiger partial charge in [0, 0.05) is 11.0 Å². The zero-order chi connectivity index (χ0) is 13.8. The number of aromatic carboxylic acids is 1. The lowest BCUT2D eigenvalue weighted by molar-refractivity contribution is 0.0690. The van der Waals surface area contributed by atoms with Crippen molar-refractivity contribution in [2.45, 2.75) is 6.54 Å². The number of hydrogen-bond acceptors (Lipinski definition) is 4. The van der Waals surface area contributed by atoms with Crippen LogP contribution in [-0.4, -0.2) is 32.6 Å². The van der Waals surface area contributed by atoms with Crippen LogP contribution in [0.1, 0.15) is 10.5 Å². The molecule has 0 aliphatic carbocycles. The van der Waals surface area contributed by atoms with Crippen LogP contribution < -0.4 is 5.32 Å². The number of nitrogens with one attached hydrogen (secondary N) is 1. The molecular weight excluding hydrogens is 319 g/mol. The minimum Gasteiger partial charge on any atom is -0.476 e. The fourth-order valence-corrected chi connectivity index (χ4v) is 1.83.